The molecule has 0 fully saturated rings. The minimum Gasteiger partial charge on any atom is -0.481 e. The quantitative estimate of drug-likeness (QED) is 0.254. The van der Waals surface area contributed by atoms with Crippen LogP contribution < -0.4 is 5.32 Å². The molecule has 2 rings (SSSR count). The summed E-state index contributed by atoms with van der Waals surface area (Å²) in [7, 11) is 3.45. The minimum atomic E-state index is -0.730. The molecule has 4 nitrogen and oxygen atoms in total. The van der Waals surface area contributed by atoms with Crippen LogP contribution in [0, 0.1) is 5.41 Å². The largest absolute Gasteiger partial charge is 0.481 e. The maximum atomic E-state index is 12.8. The molecule has 2 aromatic rings. The number of hydrogen-bond donors (Lipinski definition) is 2. The van der Waals surface area contributed by atoms with Gasteiger partial charge in [-0.2, -0.15) is 0 Å². The highest BCUT2D eigenvalue weighted by Gasteiger charge is 2.18. The van der Waals surface area contributed by atoms with Crippen molar-refractivity contribution in [2.45, 2.75) is 69.4 Å². The summed E-state index contributed by atoms with van der Waals surface area (Å²) < 4.78 is 0. The second-order valence-corrected chi connectivity index (χ2v) is 11.4. The van der Waals surface area contributed by atoms with Crippen molar-refractivity contribution in [3.63, 3.8) is 0 Å². The third-order valence-electron chi connectivity index (χ3n) is 4.82. The molecule has 1 unspecified atom stereocenters. The molecule has 31 heavy (non-hydrogen) atoms. The summed E-state index contributed by atoms with van der Waals surface area (Å²) in [6.07, 6.45) is 5.02. The molecule has 168 valence electrons. The Labute approximate surface area is 194 Å². The van der Waals surface area contributed by atoms with Crippen LogP contribution in [0.15, 0.2) is 59.5 Å². The number of carbonyl (C=O) groups excluding carboxylic acids is 1. The van der Waals surface area contributed by atoms with Gasteiger partial charge in [0.05, 0.1) is 5.56 Å². The van der Waals surface area contributed by atoms with Crippen molar-refractivity contribution in [3.8, 4) is 0 Å². The Kier molecular flexibility index (Phi) is 10.5. The van der Waals surface area contributed by atoms with E-state index in [0.717, 1.165) is 36.3 Å². The van der Waals surface area contributed by atoms with E-state index in [1.165, 1.54) is 0 Å². The van der Waals surface area contributed by atoms with Gasteiger partial charge in [-0.15, -0.1) is 0 Å². The lowest BCUT2D eigenvalue weighted by Crippen LogP contribution is -2.13. The number of anilines is 1. The number of nitrogens with one attached hydrogen (secondary N) is 1. The van der Waals surface area contributed by atoms with Crippen LogP contribution in [0.1, 0.15) is 69.7 Å². The summed E-state index contributed by atoms with van der Waals surface area (Å²) in [5, 5.41) is 12.3. The molecule has 0 aliphatic carbocycles. The van der Waals surface area contributed by atoms with Gasteiger partial charge in [0.15, 0.2) is 0 Å². The molecule has 0 saturated carbocycles. The van der Waals surface area contributed by atoms with Crippen molar-refractivity contribution in [1.82, 2.24) is 0 Å². The lowest BCUT2D eigenvalue weighted by Gasteiger charge is -2.23. The molecule has 0 aromatic heterocycles. The van der Waals surface area contributed by atoms with Crippen LogP contribution in [0.25, 0.3) is 0 Å². The number of carboxylic acid groups (broad SMARTS) is 1. The Morgan fingerprint density at radius 1 is 0.968 bits per heavy atom. The van der Waals surface area contributed by atoms with Gasteiger partial charge < -0.3 is 10.4 Å². The van der Waals surface area contributed by atoms with Crippen LogP contribution in [-0.4, -0.2) is 22.2 Å². The van der Waals surface area contributed by atoms with E-state index in [-0.39, 0.29) is 17.7 Å². The van der Waals surface area contributed by atoms with E-state index in [0.29, 0.717) is 17.2 Å². The minimum absolute atomic E-state index is 0.109. The number of carbonyl (C=O) groups is 2. The molecule has 0 spiro atoms. The van der Waals surface area contributed by atoms with Crippen molar-refractivity contribution in [1.29, 1.82) is 0 Å². The molecule has 6 heteroatoms. The zero-order valence-corrected chi connectivity index (χ0v) is 20.2. The highest BCUT2D eigenvalue weighted by atomic mass is 33.1. The summed E-state index contributed by atoms with van der Waals surface area (Å²) in [4.78, 5) is 24.6. The standard InChI is InChI=1S/C25H33NO3S2/c1-25(2,3)18-17-20(13-7-10-16-23(27)28)30-31-22-15-9-8-14-21(22)24(29)26-19-11-5-4-6-12-19/h4-6,8-9,11-12,14-15,20H,7,10,13,16-18H2,1-3H3,(H,26,29)(H,27,28). The highest BCUT2D eigenvalue weighted by Crippen LogP contribution is 2.41. The second kappa shape index (κ2) is 12.8. The first-order valence-electron chi connectivity index (χ1n) is 10.7. The maximum absolute atomic E-state index is 12.8. The Hall–Kier alpha value is -1.92. The third kappa shape index (κ3) is 10.3. The first-order valence-corrected chi connectivity index (χ1v) is 13.0. The molecule has 0 aliphatic rings. The predicted octanol–water partition coefficient (Wildman–Crippen LogP) is 7.52. The normalized spacial score (nSPS) is 12.4. The van der Waals surface area contributed by atoms with E-state index in [4.69, 9.17) is 5.11 Å². The molecule has 1 amide bonds. The lowest BCUT2D eigenvalue weighted by molar-refractivity contribution is -0.137. The lowest BCUT2D eigenvalue weighted by atomic mass is 9.89. The average molecular weight is 460 g/mol. The highest BCUT2D eigenvalue weighted by molar-refractivity contribution is 8.77. The first kappa shape index (κ1) is 25.3. The number of unbranched alkanes of at least 4 members (excludes halogenated alkanes) is 1. The Balaban J connectivity index is 2.00. The van der Waals surface area contributed by atoms with Crippen molar-refractivity contribution in [2.24, 2.45) is 5.41 Å². The Morgan fingerprint density at radius 3 is 2.32 bits per heavy atom. The van der Waals surface area contributed by atoms with E-state index >= 15 is 0 Å². The maximum Gasteiger partial charge on any atom is 0.303 e. The van der Waals surface area contributed by atoms with Crippen molar-refractivity contribution >= 4 is 39.2 Å². The van der Waals surface area contributed by atoms with Gasteiger partial charge in [0.25, 0.3) is 5.91 Å². The molecule has 0 bridgehead atoms. The van der Waals surface area contributed by atoms with Crippen LogP contribution in [-0.2, 0) is 4.79 Å². The predicted molar refractivity (Wildman–Crippen MR) is 133 cm³/mol. The fraction of sp³-hybridized carbons (Fsp3) is 0.440. The number of hydrogen-bond acceptors (Lipinski definition) is 4. The molecule has 0 aliphatic heterocycles. The molecule has 1 atom stereocenters. The molecule has 0 saturated heterocycles. The molecule has 0 heterocycles. The Bertz CT molecular complexity index is 834. The number of amides is 1. The van der Waals surface area contributed by atoms with Gasteiger partial charge in [-0.1, -0.05) is 79.1 Å². The summed E-state index contributed by atoms with van der Waals surface area (Å²) in [6.45, 7) is 6.74. The molecular weight excluding hydrogens is 426 g/mol. The van der Waals surface area contributed by atoms with Crippen LogP contribution in [0.5, 0.6) is 0 Å². The van der Waals surface area contributed by atoms with E-state index in [1.807, 2.05) is 54.6 Å². The molecule has 0 radical (unpaired) electrons. The van der Waals surface area contributed by atoms with Gasteiger partial charge >= 0.3 is 5.97 Å². The van der Waals surface area contributed by atoms with Gasteiger partial charge in [0.2, 0.25) is 0 Å². The third-order valence-corrected chi connectivity index (χ3v) is 7.84. The van der Waals surface area contributed by atoms with Gasteiger partial charge in [0, 0.05) is 22.3 Å². The zero-order chi connectivity index (χ0) is 22.7. The number of rotatable bonds is 12. The van der Waals surface area contributed by atoms with E-state index in [9.17, 15) is 9.59 Å². The SMILES string of the molecule is CC(C)(C)CCC(CCCCC(=O)O)SSc1ccccc1C(=O)Nc1ccccc1. The summed E-state index contributed by atoms with van der Waals surface area (Å²) in [5.74, 6) is -0.839. The number of aliphatic carboxylic acids is 1. The van der Waals surface area contributed by atoms with Crippen LogP contribution in [0.4, 0.5) is 5.69 Å². The van der Waals surface area contributed by atoms with E-state index in [1.54, 1.807) is 21.6 Å². The molecule has 2 N–H and O–H groups in total. The van der Waals surface area contributed by atoms with Gasteiger partial charge in [0.1, 0.15) is 0 Å². The number of carboxylic acids is 1. The van der Waals surface area contributed by atoms with E-state index < -0.39 is 5.97 Å². The fourth-order valence-corrected chi connectivity index (χ4v) is 5.88. The van der Waals surface area contributed by atoms with Crippen molar-refractivity contribution < 1.29 is 14.7 Å². The number of benzene rings is 2. The average Bonchev–Trinajstić information content (AvgIpc) is 2.72. The molecule has 2 aromatic carbocycles. The molecular formula is C25H33NO3S2. The fourth-order valence-electron chi connectivity index (χ4n) is 3.05. The Morgan fingerprint density at radius 2 is 1.65 bits per heavy atom. The van der Waals surface area contributed by atoms with Gasteiger partial charge in [-0.05, 0) is 55.4 Å². The summed E-state index contributed by atoms with van der Waals surface area (Å²) in [5.41, 5.74) is 1.71. The summed E-state index contributed by atoms with van der Waals surface area (Å²) >= 11 is 0. The zero-order valence-electron chi connectivity index (χ0n) is 18.6. The second-order valence-electron chi connectivity index (χ2n) is 8.86. The van der Waals surface area contributed by atoms with Crippen LogP contribution >= 0.6 is 21.6 Å². The van der Waals surface area contributed by atoms with Crippen molar-refractivity contribution in [2.75, 3.05) is 5.32 Å². The first-order chi connectivity index (χ1) is 14.7. The number of para-hydroxylation sites is 1. The van der Waals surface area contributed by atoms with E-state index in [2.05, 4.69) is 26.1 Å². The van der Waals surface area contributed by atoms with Crippen LogP contribution in [0.2, 0.25) is 0 Å². The van der Waals surface area contributed by atoms with Crippen molar-refractivity contribution in [3.05, 3.63) is 60.2 Å². The smallest absolute Gasteiger partial charge is 0.303 e. The van der Waals surface area contributed by atoms with Crippen LogP contribution in [0.3, 0.4) is 0 Å². The summed E-state index contributed by atoms with van der Waals surface area (Å²) in [6, 6.07) is 17.2. The van der Waals surface area contributed by atoms with Gasteiger partial charge in [-0.25, -0.2) is 0 Å². The monoisotopic (exact) mass is 459 g/mol. The van der Waals surface area contributed by atoms with Gasteiger partial charge in [-0.3, -0.25) is 9.59 Å². The topological polar surface area (TPSA) is 66.4 Å².